The van der Waals surface area contributed by atoms with Gasteiger partial charge < -0.3 is 14.2 Å². The van der Waals surface area contributed by atoms with Crippen LogP contribution in [0.2, 0.25) is 0 Å². The Bertz CT molecular complexity index is 1070. The summed E-state index contributed by atoms with van der Waals surface area (Å²) in [5.74, 6) is 1.53. The van der Waals surface area contributed by atoms with E-state index in [-0.39, 0.29) is 5.91 Å². The molecule has 0 aliphatic carbocycles. The molecule has 3 aromatic rings. The van der Waals surface area contributed by atoms with Gasteiger partial charge >= 0.3 is 0 Å². The predicted octanol–water partition coefficient (Wildman–Crippen LogP) is 4.74. The summed E-state index contributed by atoms with van der Waals surface area (Å²) in [6, 6.07) is 9.84. The number of hydrogen-bond donors (Lipinski definition) is 0. The standard InChI is InChI=1S/C25H30N4O2/c1-4-8-20-15-19(11-12-26-20)24-27-22(17-28(24)2)18-9-10-21(23(16-18)31-3)25(30)29-13-6-5-7-14-29/h9-12,15-17H,4-8,13-14H2,1-3H3. The van der Waals surface area contributed by atoms with Crippen molar-refractivity contribution in [2.75, 3.05) is 20.2 Å². The lowest BCUT2D eigenvalue weighted by molar-refractivity contribution is 0.0721. The van der Waals surface area contributed by atoms with Crippen LogP contribution in [0.4, 0.5) is 0 Å². The topological polar surface area (TPSA) is 60.3 Å². The number of amides is 1. The number of benzene rings is 1. The van der Waals surface area contributed by atoms with Gasteiger partial charge in [-0.25, -0.2) is 4.98 Å². The highest BCUT2D eigenvalue weighted by atomic mass is 16.5. The average molecular weight is 419 g/mol. The van der Waals surface area contributed by atoms with Gasteiger partial charge in [-0.3, -0.25) is 9.78 Å². The number of piperidine rings is 1. The third-order valence-corrected chi connectivity index (χ3v) is 5.83. The molecule has 0 saturated carbocycles. The van der Waals surface area contributed by atoms with Gasteiger partial charge in [-0.1, -0.05) is 19.4 Å². The molecule has 0 radical (unpaired) electrons. The molecule has 0 N–H and O–H groups in total. The van der Waals surface area contributed by atoms with Gasteiger partial charge in [0.1, 0.15) is 11.6 Å². The number of nitrogens with zero attached hydrogens (tertiary/aromatic N) is 4. The molecule has 0 unspecified atom stereocenters. The minimum Gasteiger partial charge on any atom is -0.496 e. The van der Waals surface area contributed by atoms with Gasteiger partial charge in [-0.05, 0) is 49.9 Å². The predicted molar refractivity (Wildman–Crippen MR) is 122 cm³/mol. The van der Waals surface area contributed by atoms with Gasteiger partial charge in [-0.2, -0.15) is 0 Å². The molecule has 4 rings (SSSR count). The highest BCUT2D eigenvalue weighted by molar-refractivity contribution is 5.97. The zero-order chi connectivity index (χ0) is 21.8. The molecule has 0 spiro atoms. The van der Waals surface area contributed by atoms with Crippen LogP contribution in [-0.2, 0) is 13.5 Å². The molecule has 6 nitrogen and oxygen atoms in total. The van der Waals surface area contributed by atoms with E-state index in [2.05, 4.69) is 18.0 Å². The van der Waals surface area contributed by atoms with E-state index in [4.69, 9.17) is 9.72 Å². The number of ether oxygens (including phenoxy) is 1. The highest BCUT2D eigenvalue weighted by Crippen LogP contribution is 2.30. The molecule has 1 amide bonds. The molecule has 1 aliphatic rings. The SMILES string of the molecule is CCCc1cc(-c2nc(-c3ccc(C(=O)N4CCCCC4)c(OC)c3)cn2C)ccn1. The van der Waals surface area contributed by atoms with E-state index >= 15 is 0 Å². The zero-order valence-corrected chi connectivity index (χ0v) is 18.6. The number of aromatic nitrogens is 3. The minimum absolute atomic E-state index is 0.0463. The van der Waals surface area contributed by atoms with Crippen LogP contribution in [0.25, 0.3) is 22.6 Å². The van der Waals surface area contributed by atoms with Crippen LogP contribution >= 0.6 is 0 Å². The van der Waals surface area contributed by atoms with Crippen molar-refractivity contribution < 1.29 is 9.53 Å². The first-order valence-corrected chi connectivity index (χ1v) is 11.1. The monoisotopic (exact) mass is 418 g/mol. The molecule has 1 saturated heterocycles. The van der Waals surface area contributed by atoms with Crippen LogP contribution in [0.3, 0.4) is 0 Å². The Morgan fingerprint density at radius 1 is 1.10 bits per heavy atom. The number of methoxy groups -OCH3 is 1. The molecule has 3 heterocycles. The highest BCUT2D eigenvalue weighted by Gasteiger charge is 2.22. The molecule has 31 heavy (non-hydrogen) atoms. The van der Waals surface area contributed by atoms with Crippen LogP contribution in [0.1, 0.15) is 48.7 Å². The van der Waals surface area contributed by atoms with Gasteiger partial charge in [0.05, 0.1) is 18.4 Å². The Hall–Kier alpha value is -3.15. The van der Waals surface area contributed by atoms with E-state index in [1.807, 2.05) is 53.2 Å². The van der Waals surface area contributed by atoms with Crippen LogP contribution in [0.5, 0.6) is 5.75 Å². The van der Waals surface area contributed by atoms with Crippen molar-refractivity contribution in [2.45, 2.75) is 39.0 Å². The summed E-state index contributed by atoms with van der Waals surface area (Å²) >= 11 is 0. The van der Waals surface area contributed by atoms with Crippen molar-refractivity contribution in [3.8, 4) is 28.4 Å². The molecular formula is C25H30N4O2. The third kappa shape index (κ3) is 4.48. The molecule has 0 bridgehead atoms. The van der Waals surface area contributed by atoms with Crippen molar-refractivity contribution in [1.82, 2.24) is 19.4 Å². The summed E-state index contributed by atoms with van der Waals surface area (Å²) in [5, 5.41) is 0. The molecular weight excluding hydrogens is 388 g/mol. The first kappa shape index (κ1) is 21.1. The lowest BCUT2D eigenvalue weighted by Crippen LogP contribution is -2.35. The maximum absolute atomic E-state index is 13.0. The number of carbonyl (C=O) groups excluding carboxylic acids is 1. The summed E-state index contributed by atoms with van der Waals surface area (Å²) in [5.41, 5.74) is 4.52. The fraction of sp³-hybridized carbons (Fsp3) is 0.400. The van der Waals surface area contributed by atoms with Crippen molar-refractivity contribution in [2.24, 2.45) is 7.05 Å². The summed E-state index contributed by atoms with van der Waals surface area (Å²) in [7, 11) is 3.61. The Kier molecular flexibility index (Phi) is 6.35. The second kappa shape index (κ2) is 9.33. The van der Waals surface area contributed by atoms with Gasteiger partial charge in [0.25, 0.3) is 5.91 Å². The summed E-state index contributed by atoms with van der Waals surface area (Å²) < 4.78 is 7.62. The van der Waals surface area contributed by atoms with Crippen LogP contribution in [0.15, 0.2) is 42.7 Å². The van der Waals surface area contributed by atoms with Gasteiger partial charge in [0.2, 0.25) is 0 Å². The molecule has 6 heteroatoms. The number of likely N-dealkylation sites (tertiary alicyclic amines) is 1. The van der Waals surface area contributed by atoms with E-state index in [1.165, 1.54) is 6.42 Å². The first-order chi connectivity index (χ1) is 15.1. The van der Waals surface area contributed by atoms with Crippen LogP contribution < -0.4 is 4.74 Å². The Morgan fingerprint density at radius 2 is 1.90 bits per heavy atom. The number of rotatable bonds is 6. The van der Waals surface area contributed by atoms with E-state index in [9.17, 15) is 4.79 Å². The van der Waals surface area contributed by atoms with E-state index in [0.29, 0.717) is 11.3 Å². The smallest absolute Gasteiger partial charge is 0.257 e. The fourth-order valence-electron chi connectivity index (χ4n) is 4.18. The minimum atomic E-state index is 0.0463. The van der Waals surface area contributed by atoms with E-state index in [1.54, 1.807) is 7.11 Å². The number of aryl methyl sites for hydroxylation is 2. The lowest BCUT2D eigenvalue weighted by Gasteiger charge is -2.27. The van der Waals surface area contributed by atoms with Crippen molar-refractivity contribution in [3.63, 3.8) is 0 Å². The quantitative estimate of drug-likeness (QED) is 0.580. The van der Waals surface area contributed by atoms with E-state index < -0.39 is 0 Å². The number of pyridine rings is 1. The molecule has 162 valence electrons. The summed E-state index contributed by atoms with van der Waals surface area (Å²) in [4.78, 5) is 24.2. The molecule has 1 fully saturated rings. The van der Waals surface area contributed by atoms with E-state index in [0.717, 1.165) is 67.1 Å². The second-order valence-electron chi connectivity index (χ2n) is 8.11. The largest absolute Gasteiger partial charge is 0.496 e. The van der Waals surface area contributed by atoms with Crippen LogP contribution in [-0.4, -0.2) is 45.5 Å². The Morgan fingerprint density at radius 3 is 2.65 bits per heavy atom. The molecule has 0 atom stereocenters. The van der Waals surface area contributed by atoms with Crippen molar-refractivity contribution in [3.05, 3.63) is 54.0 Å². The summed E-state index contributed by atoms with van der Waals surface area (Å²) in [6.45, 7) is 3.79. The fourth-order valence-corrected chi connectivity index (χ4v) is 4.18. The third-order valence-electron chi connectivity index (χ3n) is 5.83. The van der Waals surface area contributed by atoms with Gasteiger partial charge in [-0.15, -0.1) is 0 Å². The zero-order valence-electron chi connectivity index (χ0n) is 18.6. The maximum Gasteiger partial charge on any atom is 0.257 e. The molecule has 1 aromatic carbocycles. The number of hydrogen-bond acceptors (Lipinski definition) is 4. The van der Waals surface area contributed by atoms with Crippen molar-refractivity contribution in [1.29, 1.82) is 0 Å². The summed E-state index contributed by atoms with van der Waals surface area (Å²) in [6.07, 6.45) is 9.20. The number of imidazole rings is 1. The van der Waals surface area contributed by atoms with Gasteiger partial charge in [0, 0.05) is 49.4 Å². The lowest BCUT2D eigenvalue weighted by atomic mass is 10.1. The normalized spacial score (nSPS) is 14.0. The Labute approximate surface area is 183 Å². The van der Waals surface area contributed by atoms with Crippen LogP contribution in [0, 0.1) is 0 Å². The second-order valence-corrected chi connectivity index (χ2v) is 8.11. The number of carbonyl (C=O) groups is 1. The van der Waals surface area contributed by atoms with Gasteiger partial charge in [0.15, 0.2) is 0 Å². The Balaban J connectivity index is 1.64. The molecule has 1 aliphatic heterocycles. The average Bonchev–Trinajstić information content (AvgIpc) is 3.21. The first-order valence-electron chi connectivity index (χ1n) is 11.1. The molecule has 2 aromatic heterocycles. The maximum atomic E-state index is 13.0. The van der Waals surface area contributed by atoms with Crippen molar-refractivity contribution >= 4 is 5.91 Å².